The van der Waals surface area contributed by atoms with Gasteiger partial charge in [-0.25, -0.2) is 4.79 Å². The van der Waals surface area contributed by atoms with Crippen LogP contribution in [0.1, 0.15) is 24.1 Å². The lowest BCUT2D eigenvalue weighted by atomic mass is 9.98. The van der Waals surface area contributed by atoms with Crippen LogP contribution in [0.4, 0.5) is 18.0 Å². The van der Waals surface area contributed by atoms with E-state index in [2.05, 4.69) is 5.32 Å². The number of piperidine rings is 1. The maximum atomic E-state index is 12.8. The number of nitrogens with one attached hydrogen (secondary N) is 1. The van der Waals surface area contributed by atoms with Gasteiger partial charge in [0, 0.05) is 37.9 Å². The van der Waals surface area contributed by atoms with Crippen LogP contribution in [0.2, 0.25) is 0 Å². The summed E-state index contributed by atoms with van der Waals surface area (Å²) in [6.45, 7) is 1.75. The third-order valence-electron chi connectivity index (χ3n) is 4.24. The van der Waals surface area contributed by atoms with E-state index in [1.807, 2.05) is 0 Å². The van der Waals surface area contributed by atoms with Crippen LogP contribution in [0, 0.1) is 12.8 Å². The van der Waals surface area contributed by atoms with E-state index in [1.165, 1.54) is 9.47 Å². The number of rotatable bonds is 2. The van der Waals surface area contributed by atoms with Crippen molar-refractivity contribution >= 4 is 6.03 Å². The van der Waals surface area contributed by atoms with Gasteiger partial charge in [-0.3, -0.25) is 4.79 Å². The Kier molecular flexibility index (Phi) is 5.01. The molecule has 0 saturated carbocycles. The number of amides is 2. The first-order valence-corrected chi connectivity index (χ1v) is 7.45. The van der Waals surface area contributed by atoms with Crippen molar-refractivity contribution in [2.75, 3.05) is 13.1 Å². The molecule has 1 N–H and O–H groups in total. The second-order valence-corrected chi connectivity index (χ2v) is 5.85. The number of halogens is 3. The van der Waals surface area contributed by atoms with E-state index in [1.54, 1.807) is 26.1 Å². The summed E-state index contributed by atoms with van der Waals surface area (Å²) in [4.78, 5) is 25.2. The van der Waals surface area contributed by atoms with Crippen LogP contribution in [0.5, 0.6) is 0 Å². The van der Waals surface area contributed by atoms with Crippen molar-refractivity contribution in [3.05, 3.63) is 33.7 Å². The molecule has 1 aromatic rings. The molecule has 2 rings (SSSR count). The average Bonchev–Trinajstić information content (AvgIpc) is 2.51. The maximum Gasteiger partial charge on any atom is 0.393 e. The first-order valence-electron chi connectivity index (χ1n) is 7.45. The normalized spacial score (nSPS) is 18.8. The van der Waals surface area contributed by atoms with Crippen molar-refractivity contribution in [1.29, 1.82) is 0 Å². The quantitative estimate of drug-likeness (QED) is 0.903. The van der Waals surface area contributed by atoms with Crippen LogP contribution < -0.4 is 10.9 Å². The van der Waals surface area contributed by atoms with Crippen LogP contribution in [-0.4, -0.2) is 34.8 Å². The van der Waals surface area contributed by atoms with E-state index in [0.29, 0.717) is 18.5 Å². The average molecular weight is 331 g/mol. The van der Waals surface area contributed by atoms with Crippen molar-refractivity contribution in [3.8, 4) is 0 Å². The summed E-state index contributed by atoms with van der Waals surface area (Å²) in [5, 5.41) is 2.53. The monoisotopic (exact) mass is 331 g/mol. The summed E-state index contributed by atoms with van der Waals surface area (Å²) >= 11 is 0. The Morgan fingerprint density at radius 2 is 2.09 bits per heavy atom. The van der Waals surface area contributed by atoms with Crippen LogP contribution in [0.25, 0.3) is 0 Å². The molecule has 8 heteroatoms. The van der Waals surface area contributed by atoms with Crippen LogP contribution in [-0.2, 0) is 13.6 Å². The number of aromatic nitrogens is 1. The van der Waals surface area contributed by atoms with Gasteiger partial charge in [-0.1, -0.05) is 6.07 Å². The summed E-state index contributed by atoms with van der Waals surface area (Å²) in [7, 11) is 1.63. The molecule has 1 aliphatic rings. The van der Waals surface area contributed by atoms with Crippen molar-refractivity contribution < 1.29 is 18.0 Å². The van der Waals surface area contributed by atoms with E-state index in [0.717, 1.165) is 5.69 Å². The fourth-order valence-corrected chi connectivity index (χ4v) is 2.63. The molecule has 5 nitrogen and oxygen atoms in total. The van der Waals surface area contributed by atoms with Gasteiger partial charge in [-0.15, -0.1) is 0 Å². The van der Waals surface area contributed by atoms with Crippen LogP contribution in [0.15, 0.2) is 16.9 Å². The zero-order valence-corrected chi connectivity index (χ0v) is 13.1. The Hall–Kier alpha value is -1.99. The predicted octanol–water partition coefficient (Wildman–Crippen LogP) is 2.18. The number of nitrogens with zero attached hydrogens (tertiary/aromatic N) is 2. The molecule has 0 radical (unpaired) electrons. The molecule has 0 bridgehead atoms. The summed E-state index contributed by atoms with van der Waals surface area (Å²) < 4.78 is 39.7. The number of carbonyl (C=O) groups excluding carboxylic acids is 1. The van der Waals surface area contributed by atoms with Gasteiger partial charge in [0.25, 0.3) is 5.56 Å². The van der Waals surface area contributed by atoms with Crippen molar-refractivity contribution in [1.82, 2.24) is 14.8 Å². The highest BCUT2D eigenvalue weighted by molar-refractivity contribution is 5.74. The van der Waals surface area contributed by atoms with Crippen molar-refractivity contribution in [2.45, 2.75) is 32.5 Å². The second-order valence-electron chi connectivity index (χ2n) is 5.85. The molecule has 23 heavy (non-hydrogen) atoms. The number of urea groups is 1. The van der Waals surface area contributed by atoms with Gasteiger partial charge < -0.3 is 14.8 Å². The molecule has 1 fully saturated rings. The highest BCUT2D eigenvalue weighted by Crippen LogP contribution is 2.33. The first-order chi connectivity index (χ1) is 10.7. The highest BCUT2D eigenvalue weighted by atomic mass is 19.4. The van der Waals surface area contributed by atoms with Crippen molar-refractivity contribution in [3.63, 3.8) is 0 Å². The molecule has 1 unspecified atom stereocenters. The zero-order valence-electron chi connectivity index (χ0n) is 13.1. The van der Waals surface area contributed by atoms with Crippen LogP contribution in [0.3, 0.4) is 0 Å². The topological polar surface area (TPSA) is 54.3 Å². The number of aryl methyl sites for hydroxylation is 1. The lowest BCUT2D eigenvalue weighted by Crippen LogP contribution is -2.48. The minimum absolute atomic E-state index is 0.00102. The fraction of sp³-hybridized carbons (Fsp3) is 0.600. The van der Waals surface area contributed by atoms with Gasteiger partial charge in [-0.05, 0) is 25.8 Å². The molecule has 0 aliphatic carbocycles. The number of carbonyl (C=O) groups is 1. The lowest BCUT2D eigenvalue weighted by Gasteiger charge is -2.33. The minimum Gasteiger partial charge on any atom is -0.334 e. The van der Waals surface area contributed by atoms with Gasteiger partial charge in [0.15, 0.2) is 0 Å². The van der Waals surface area contributed by atoms with Gasteiger partial charge in [0.2, 0.25) is 0 Å². The van der Waals surface area contributed by atoms with E-state index >= 15 is 0 Å². The molecule has 2 heterocycles. The van der Waals surface area contributed by atoms with Gasteiger partial charge >= 0.3 is 12.2 Å². The summed E-state index contributed by atoms with van der Waals surface area (Å²) in [6.07, 6.45) is -3.92. The van der Waals surface area contributed by atoms with Gasteiger partial charge in [0.1, 0.15) is 0 Å². The third-order valence-corrected chi connectivity index (χ3v) is 4.24. The Bertz CT molecular complexity index is 640. The Balaban J connectivity index is 1.97. The number of pyridine rings is 1. The Morgan fingerprint density at radius 3 is 2.74 bits per heavy atom. The first kappa shape index (κ1) is 17.4. The van der Waals surface area contributed by atoms with E-state index in [-0.39, 0.29) is 25.1 Å². The number of likely N-dealkylation sites (tertiary alicyclic amines) is 1. The van der Waals surface area contributed by atoms with Gasteiger partial charge in [-0.2, -0.15) is 13.2 Å². The number of hydrogen-bond donors (Lipinski definition) is 1. The third kappa shape index (κ3) is 4.05. The molecule has 0 aromatic carbocycles. The fourth-order valence-electron chi connectivity index (χ4n) is 2.63. The molecule has 1 aliphatic heterocycles. The summed E-state index contributed by atoms with van der Waals surface area (Å²) in [5.74, 6) is -1.48. The molecule has 1 aromatic heterocycles. The SMILES string of the molecule is Cc1ccc(CNC(=O)N2CCCC(C(F)(F)F)C2)c(=O)n1C. The molecule has 1 saturated heterocycles. The maximum absolute atomic E-state index is 12.8. The second kappa shape index (κ2) is 6.64. The molecule has 2 amide bonds. The largest absolute Gasteiger partial charge is 0.393 e. The Labute approximate surface area is 132 Å². The molecule has 128 valence electrons. The van der Waals surface area contributed by atoms with Crippen LogP contribution >= 0.6 is 0 Å². The number of alkyl halides is 3. The minimum atomic E-state index is -4.29. The molecular weight excluding hydrogens is 311 g/mol. The predicted molar refractivity (Wildman–Crippen MR) is 79.0 cm³/mol. The van der Waals surface area contributed by atoms with Crippen molar-refractivity contribution in [2.24, 2.45) is 13.0 Å². The Morgan fingerprint density at radius 1 is 1.39 bits per heavy atom. The number of hydrogen-bond acceptors (Lipinski definition) is 2. The zero-order chi connectivity index (χ0) is 17.2. The molecule has 0 spiro atoms. The highest BCUT2D eigenvalue weighted by Gasteiger charge is 2.42. The molecule has 1 atom stereocenters. The van der Waals surface area contributed by atoms with E-state index in [9.17, 15) is 22.8 Å². The molecular formula is C15H20F3N3O2. The van der Waals surface area contributed by atoms with Gasteiger partial charge in [0.05, 0.1) is 5.92 Å². The summed E-state index contributed by atoms with van der Waals surface area (Å²) in [6, 6.07) is 2.80. The smallest absolute Gasteiger partial charge is 0.334 e. The lowest BCUT2D eigenvalue weighted by molar-refractivity contribution is -0.184. The standard InChI is InChI=1S/C15H20F3N3O2/c1-10-5-6-11(13(22)20(10)2)8-19-14(23)21-7-3-4-12(9-21)15(16,17)18/h5-6,12H,3-4,7-9H2,1-2H3,(H,19,23). The summed E-state index contributed by atoms with van der Waals surface area (Å²) in [5.41, 5.74) is 0.960. The van der Waals surface area contributed by atoms with E-state index in [4.69, 9.17) is 0 Å². The van der Waals surface area contributed by atoms with E-state index < -0.39 is 18.1 Å².